The van der Waals surface area contributed by atoms with Crippen molar-refractivity contribution < 1.29 is 39.5 Å². The summed E-state index contributed by atoms with van der Waals surface area (Å²) in [7, 11) is -4.53. The number of aromatic nitrogens is 6. The van der Waals surface area contributed by atoms with E-state index in [4.69, 9.17) is 63.8 Å². The second kappa shape index (κ2) is 50.4. The lowest BCUT2D eigenvalue weighted by molar-refractivity contribution is 0.0443. The Kier molecular flexibility index (Phi) is 40.7. The van der Waals surface area contributed by atoms with Crippen molar-refractivity contribution in [3.05, 3.63) is 230 Å². The Labute approximate surface area is 883 Å². The van der Waals surface area contributed by atoms with Crippen LogP contribution in [0.5, 0.6) is 18.0 Å². The zero-order valence-corrected chi connectivity index (χ0v) is 91.9. The first kappa shape index (κ1) is 115. The number of fused-ring (bicyclic) bond motifs is 6. The minimum atomic E-state index is -3.66. The molecule has 39 heteroatoms. The van der Waals surface area contributed by atoms with Gasteiger partial charge in [-0.2, -0.15) is 124 Å². The number of hydrogen-bond acceptors (Lipinski definition) is 24. The predicted octanol–water partition coefficient (Wildman–Crippen LogP) is 14.7. The molecule has 9 aromatic rings. The number of hydrogen-bond donors (Lipinski definition) is 0. The molecule has 3 aliphatic carbocycles. The van der Waals surface area contributed by atoms with Crippen molar-refractivity contribution in [1.82, 2.24) is 57.5 Å². The first-order valence-electron chi connectivity index (χ1n) is 48.1. The highest BCUT2D eigenvalue weighted by molar-refractivity contribution is 7.92. The van der Waals surface area contributed by atoms with Gasteiger partial charge in [0.2, 0.25) is 49.7 Å². The zero-order chi connectivity index (χ0) is 96.0. The molecule has 18 rings (SSSR count). The molecule has 0 bridgehead atoms. The largest absolute Gasteiger partial charge is 0.462 e. The smallest absolute Gasteiger partial charge is 0.318 e. The van der Waals surface area contributed by atoms with Crippen LogP contribution in [0, 0.1) is 52.3 Å². The van der Waals surface area contributed by atoms with Crippen molar-refractivity contribution >= 4 is 178 Å². The number of sulfonamides is 3. The van der Waals surface area contributed by atoms with E-state index in [-0.39, 0.29) is 145 Å². The van der Waals surface area contributed by atoms with E-state index in [2.05, 4.69) is 257 Å². The van der Waals surface area contributed by atoms with E-state index in [0.29, 0.717) is 89.6 Å². The molecule has 6 aromatic carbocycles. The van der Waals surface area contributed by atoms with Crippen LogP contribution in [-0.4, -0.2) is 277 Å². The molecule has 0 amide bonds. The Morgan fingerprint density at radius 2 is 0.775 bits per heavy atom. The Bertz CT molecular complexity index is 6410. The molecule has 7 atom stereocenters. The van der Waals surface area contributed by atoms with Gasteiger partial charge in [-0.3, -0.25) is 4.90 Å². The van der Waals surface area contributed by atoms with Crippen LogP contribution in [0.4, 0.5) is 34.5 Å². The quantitative estimate of drug-likeness (QED) is 0.0355. The van der Waals surface area contributed by atoms with Gasteiger partial charge in [-0.25, -0.2) is 45.0 Å². The van der Waals surface area contributed by atoms with Crippen molar-refractivity contribution in [1.29, 1.82) is 0 Å². The number of ether oxygens (including phenoxy) is 3. The molecule has 142 heavy (non-hydrogen) atoms. The van der Waals surface area contributed by atoms with Crippen LogP contribution in [0.2, 0.25) is 0 Å². The summed E-state index contributed by atoms with van der Waals surface area (Å²) in [6, 6.07) is 39.1. The maximum atomic E-state index is 12.8. The molecular weight excluding hydrogens is 1960 g/mol. The van der Waals surface area contributed by atoms with E-state index in [1.54, 1.807) is 0 Å². The minimum Gasteiger partial charge on any atom is -0.462 e. The Balaban J connectivity index is 0.000000214. The lowest BCUT2D eigenvalue weighted by atomic mass is 9.90. The number of anilines is 6. The molecule has 3 aromatic heterocycles. The molecule has 9 aliphatic rings. The van der Waals surface area contributed by atoms with E-state index in [1.165, 1.54) is 124 Å². The zero-order valence-electron chi connectivity index (χ0n) is 83.4. The Hall–Kier alpha value is -9.06. The second-order valence-corrected chi connectivity index (χ2v) is 43.9. The molecule has 6 aliphatic heterocycles. The monoisotopic (exact) mass is 2110 g/mol. The number of aryl methyl sites for hydroxylation is 3. The third-order valence-electron chi connectivity index (χ3n) is 28.9. The molecule has 30 nitrogen and oxygen atoms in total. The van der Waals surface area contributed by atoms with Crippen molar-refractivity contribution in [2.24, 2.45) is 11.8 Å². The van der Waals surface area contributed by atoms with Gasteiger partial charge in [-0.15, -0.1) is 0 Å². The minimum absolute atomic E-state index is 0. The summed E-state index contributed by atoms with van der Waals surface area (Å²) < 4.78 is 100. The summed E-state index contributed by atoms with van der Waals surface area (Å²) in [4.78, 5) is 61.4. The van der Waals surface area contributed by atoms with Crippen molar-refractivity contribution in [3.8, 4) is 18.0 Å². The molecular formula is C103H143N21O9S9. The summed E-state index contributed by atoms with van der Waals surface area (Å²) in [6.45, 7) is 59.1. The number of piperazine rings is 3. The summed E-state index contributed by atoms with van der Waals surface area (Å²) in [6.07, 6.45) is 10.9. The fourth-order valence-corrected chi connectivity index (χ4v) is 23.8. The number of benzene rings is 6. The van der Waals surface area contributed by atoms with Gasteiger partial charge in [0.25, 0.3) is 0 Å². The van der Waals surface area contributed by atoms with E-state index in [0.717, 1.165) is 138 Å². The van der Waals surface area contributed by atoms with Crippen LogP contribution < -0.4 is 43.6 Å². The van der Waals surface area contributed by atoms with Crippen LogP contribution >= 0.6 is 81.0 Å². The third kappa shape index (κ3) is 26.3. The molecule has 768 valence electrons. The second-order valence-electron chi connectivity index (χ2n) is 38.4. The van der Waals surface area contributed by atoms with E-state index in [1.807, 2.05) is 0 Å². The fourth-order valence-electron chi connectivity index (χ4n) is 20.6. The molecule has 9 heterocycles. The number of nitrogens with zero attached hydrogens (tertiary/aromatic N) is 21. The van der Waals surface area contributed by atoms with E-state index < -0.39 is 48.2 Å². The average Bonchev–Trinajstić information content (AvgIpc) is 1.34. The summed E-state index contributed by atoms with van der Waals surface area (Å²) >= 11 is 0. The predicted molar refractivity (Wildman–Crippen MR) is 604 cm³/mol. The number of likely N-dealkylation sites (N-methyl/N-ethyl adjacent to an activating group) is 3. The third-order valence-corrected chi connectivity index (χ3v) is 33.6. The van der Waals surface area contributed by atoms with Crippen LogP contribution in [-0.2, 0) is 69.0 Å². The highest BCUT2D eigenvalue weighted by atomic mass is 32.2. The average molecular weight is 2110 g/mol. The summed E-state index contributed by atoms with van der Waals surface area (Å²) in [5, 5.41) is 10.3. The van der Waals surface area contributed by atoms with Crippen molar-refractivity contribution in [2.45, 2.75) is 181 Å². The van der Waals surface area contributed by atoms with Gasteiger partial charge in [-0.05, 0) is 190 Å². The molecule has 0 N–H and O–H groups in total. The van der Waals surface area contributed by atoms with Gasteiger partial charge < -0.3 is 67.9 Å². The molecule has 3 saturated heterocycles. The lowest BCUT2D eigenvalue weighted by Gasteiger charge is -2.41. The maximum absolute atomic E-state index is 12.8. The van der Waals surface area contributed by atoms with E-state index in [9.17, 15) is 25.3 Å². The van der Waals surface area contributed by atoms with Crippen LogP contribution in [0.3, 0.4) is 0 Å². The lowest BCUT2D eigenvalue weighted by Crippen LogP contribution is -2.56. The molecule has 3 saturated carbocycles. The van der Waals surface area contributed by atoms with Gasteiger partial charge in [0.05, 0.1) is 36.7 Å². The van der Waals surface area contributed by atoms with Crippen LogP contribution in [0.1, 0.15) is 123 Å². The van der Waals surface area contributed by atoms with Crippen molar-refractivity contribution in [3.63, 3.8) is 0 Å². The highest BCUT2D eigenvalue weighted by Gasteiger charge is 2.44. The SMILES string of the molecule is S.S.S.S.S.S.[C-]#[N+]C[C@H]1CN(c2nc(OC[C@H](C)N(C)CC3CC3)nc3c2CCN(c2cccc4cccc(C)c24)C3)CCN1S(=O)(=O)C=C.[C-]#[N+]C[C@H]1CN(c2nc(O[C@@H](C)CN(C)CC3CC3)nc3c2CCN(c2cccc4cccc(C)c24)C3)CCN1S(=O)(=O)C=C.[C-]#[N+]C[C@H]1CN(c2nc(O[C@@H](C)[C@H](C)N(C)C3CCC3)nc3c2CCN(c2cccc4cccc(C)c24)C3)CCN1S(=O)(=O)C=C. The van der Waals surface area contributed by atoms with Gasteiger partial charge in [0.1, 0.15) is 54.4 Å². The van der Waals surface area contributed by atoms with E-state index >= 15 is 0 Å². The molecule has 6 fully saturated rings. The van der Waals surface area contributed by atoms with Gasteiger partial charge >= 0.3 is 18.0 Å². The van der Waals surface area contributed by atoms with Crippen LogP contribution in [0.25, 0.3) is 46.9 Å². The first-order valence-corrected chi connectivity index (χ1v) is 52.6. The molecule has 0 spiro atoms. The number of rotatable bonds is 32. The van der Waals surface area contributed by atoms with Crippen molar-refractivity contribution in [2.75, 3.05) is 175 Å². The molecule has 0 unspecified atom stereocenters. The highest BCUT2D eigenvalue weighted by Crippen LogP contribution is 2.43. The Morgan fingerprint density at radius 1 is 0.437 bits per heavy atom. The first-order chi connectivity index (χ1) is 65.4. The standard InChI is InChI=1S/C35H45N7O3S.2C34H43N7O3S.6H2S/c1-7-46(43,44)42-20-19-41(22-29(42)21-36-5)34-30-17-18-40(32-16-9-13-27-12-8-11-24(2)33(27)32)23-31(30)37-35(38-34)45-26(4)25(3)39(6)28-14-10-15-28;1-6-45(42,43)41-18-17-40(21-28(41)19-35-4)33-29-15-16-39(31-12-8-11-27-10-7-9-24(2)32(27)31)22-30(29)36-34(37-33)44-23-25(3)38(5)20-26-13-14-26;1-6-45(42,43)41-18-17-40(22-28(41)19-35-4)33-29-15-16-39(31-12-8-11-27-10-7-9-24(2)32(27)31)23-30(29)36-34(37-33)44-25(3)20-38(5)21-26-13-14-26;;;;;;/h7-9,11-13,16,25-26,28-29H,1,10,14-15,17-23H2,2-4,6H3;2*6-12,25-26,28H,1,13-23H2,2-3,5H3;6*1H2/t25-,26-,29-;2*25-,28-;;;;;;/m000....../s1. The maximum Gasteiger partial charge on any atom is 0.318 e. The normalized spacial score (nSPS) is 19.2. The van der Waals surface area contributed by atoms with Crippen LogP contribution in [0.15, 0.2) is 145 Å². The topological polar surface area (TPSA) is 259 Å². The summed E-state index contributed by atoms with van der Waals surface area (Å²) in [5.41, 5.74) is 13.3. The van der Waals surface area contributed by atoms with Gasteiger partial charge in [0, 0.05) is 182 Å². The van der Waals surface area contributed by atoms with Gasteiger partial charge in [-0.1, -0.05) is 117 Å². The molecule has 0 radical (unpaired) electrons. The Morgan fingerprint density at radius 3 is 1.11 bits per heavy atom. The van der Waals surface area contributed by atoms with Gasteiger partial charge in [0.15, 0.2) is 0 Å². The fraction of sp³-hybridized carbons (Fsp3) is 0.505. The summed E-state index contributed by atoms with van der Waals surface area (Å²) in [5.74, 6) is 3.94.